The van der Waals surface area contributed by atoms with Crippen molar-refractivity contribution in [3.8, 4) is 0 Å². The lowest BCUT2D eigenvalue weighted by atomic mass is 9.86. The van der Waals surface area contributed by atoms with Crippen LogP contribution in [0.1, 0.15) is 53.4 Å². The number of ether oxygens (including phenoxy) is 2. The Morgan fingerprint density at radius 3 is 2.53 bits per heavy atom. The third-order valence-electron chi connectivity index (χ3n) is 3.01. The normalized spacial score (nSPS) is 23.6. The molecule has 0 unspecified atom stereocenters. The summed E-state index contributed by atoms with van der Waals surface area (Å²) in [7, 11) is 0. The van der Waals surface area contributed by atoms with Gasteiger partial charge in [-0.1, -0.05) is 6.42 Å². The van der Waals surface area contributed by atoms with Crippen LogP contribution in [0.4, 0.5) is 4.79 Å². The second-order valence-electron chi connectivity index (χ2n) is 5.96. The van der Waals surface area contributed by atoms with Gasteiger partial charge in [0.25, 0.3) is 0 Å². The van der Waals surface area contributed by atoms with Crippen LogP contribution in [0.25, 0.3) is 0 Å². The van der Waals surface area contributed by atoms with Crippen molar-refractivity contribution in [3.05, 3.63) is 0 Å². The van der Waals surface area contributed by atoms with Gasteiger partial charge in [-0.15, -0.1) is 0 Å². The SMILES string of the molecule is CCOC(=O)[C@@H]1CCC[C@H](NC(=O)OC(C)(C)C)C1. The van der Waals surface area contributed by atoms with E-state index >= 15 is 0 Å². The van der Waals surface area contributed by atoms with E-state index in [-0.39, 0.29) is 17.9 Å². The molecule has 1 saturated carbocycles. The lowest BCUT2D eigenvalue weighted by molar-refractivity contribution is -0.149. The smallest absolute Gasteiger partial charge is 0.407 e. The molecule has 1 N–H and O–H groups in total. The Balaban J connectivity index is 2.42. The highest BCUT2D eigenvalue weighted by molar-refractivity contribution is 5.73. The molecule has 0 radical (unpaired) electrons. The van der Waals surface area contributed by atoms with E-state index in [2.05, 4.69) is 5.32 Å². The molecule has 2 atom stereocenters. The van der Waals surface area contributed by atoms with E-state index in [9.17, 15) is 9.59 Å². The van der Waals surface area contributed by atoms with Gasteiger partial charge < -0.3 is 14.8 Å². The lowest BCUT2D eigenvalue weighted by Crippen LogP contribution is -2.42. The largest absolute Gasteiger partial charge is 0.466 e. The highest BCUT2D eigenvalue weighted by Gasteiger charge is 2.30. The molecule has 0 aromatic rings. The van der Waals surface area contributed by atoms with Gasteiger partial charge in [0.05, 0.1) is 12.5 Å². The van der Waals surface area contributed by atoms with Gasteiger partial charge in [-0.2, -0.15) is 0 Å². The van der Waals surface area contributed by atoms with Gasteiger partial charge in [0.1, 0.15) is 5.60 Å². The zero-order valence-electron chi connectivity index (χ0n) is 12.3. The minimum Gasteiger partial charge on any atom is -0.466 e. The van der Waals surface area contributed by atoms with Crippen LogP contribution < -0.4 is 5.32 Å². The molecule has 1 aliphatic carbocycles. The minimum absolute atomic E-state index is 0.00185. The highest BCUT2D eigenvalue weighted by Crippen LogP contribution is 2.25. The Morgan fingerprint density at radius 2 is 1.95 bits per heavy atom. The maximum absolute atomic E-state index is 11.7. The molecule has 0 heterocycles. The molecule has 0 aromatic heterocycles. The van der Waals surface area contributed by atoms with Crippen LogP contribution in [-0.2, 0) is 14.3 Å². The summed E-state index contributed by atoms with van der Waals surface area (Å²) in [5.41, 5.74) is -0.501. The molecule has 0 spiro atoms. The zero-order valence-corrected chi connectivity index (χ0v) is 12.3. The van der Waals surface area contributed by atoms with Crippen LogP contribution in [0.3, 0.4) is 0 Å². The third-order valence-corrected chi connectivity index (χ3v) is 3.01. The van der Waals surface area contributed by atoms with Crippen LogP contribution in [-0.4, -0.2) is 30.3 Å². The first-order valence-electron chi connectivity index (χ1n) is 6.98. The Bertz CT molecular complexity index is 322. The fourth-order valence-corrected chi connectivity index (χ4v) is 2.27. The quantitative estimate of drug-likeness (QED) is 0.801. The number of rotatable bonds is 3. The summed E-state index contributed by atoms with van der Waals surface area (Å²) >= 11 is 0. The minimum atomic E-state index is -0.501. The van der Waals surface area contributed by atoms with E-state index in [1.165, 1.54) is 0 Å². The van der Waals surface area contributed by atoms with Gasteiger partial charge in [-0.3, -0.25) is 4.79 Å². The molecule has 19 heavy (non-hydrogen) atoms. The molecule has 1 aliphatic rings. The molecule has 0 saturated heterocycles. The van der Waals surface area contributed by atoms with Crippen LogP contribution in [0.2, 0.25) is 0 Å². The van der Waals surface area contributed by atoms with E-state index in [0.717, 1.165) is 19.3 Å². The number of hydrogen-bond donors (Lipinski definition) is 1. The number of carbonyl (C=O) groups is 2. The molecule has 0 aliphatic heterocycles. The maximum Gasteiger partial charge on any atom is 0.407 e. The predicted octanol–water partition coefficient (Wildman–Crippen LogP) is 2.63. The van der Waals surface area contributed by atoms with Crippen molar-refractivity contribution in [2.75, 3.05) is 6.61 Å². The summed E-state index contributed by atoms with van der Waals surface area (Å²) in [5, 5.41) is 2.83. The Morgan fingerprint density at radius 1 is 1.26 bits per heavy atom. The number of nitrogens with one attached hydrogen (secondary N) is 1. The summed E-state index contributed by atoms with van der Waals surface area (Å²) in [6, 6.07) is -0.00185. The van der Waals surface area contributed by atoms with Crippen molar-refractivity contribution in [3.63, 3.8) is 0 Å². The fraction of sp³-hybridized carbons (Fsp3) is 0.857. The molecule has 0 bridgehead atoms. The number of amides is 1. The second-order valence-corrected chi connectivity index (χ2v) is 5.96. The molecule has 1 rings (SSSR count). The first kappa shape index (κ1) is 15.8. The summed E-state index contributed by atoms with van der Waals surface area (Å²) < 4.78 is 10.2. The standard InChI is InChI=1S/C14H25NO4/c1-5-18-12(16)10-7-6-8-11(9-10)15-13(17)19-14(2,3)4/h10-11H,5-9H2,1-4H3,(H,15,17)/t10-,11+/m1/s1. The van der Waals surface area contributed by atoms with Crippen LogP contribution >= 0.6 is 0 Å². The van der Waals surface area contributed by atoms with Crippen LogP contribution in [0.5, 0.6) is 0 Å². The molecule has 1 fully saturated rings. The molecule has 1 amide bonds. The zero-order chi connectivity index (χ0) is 14.5. The average Bonchev–Trinajstić information content (AvgIpc) is 2.27. The Labute approximate surface area is 115 Å². The van der Waals surface area contributed by atoms with Gasteiger partial charge in [0.15, 0.2) is 0 Å². The monoisotopic (exact) mass is 271 g/mol. The number of alkyl carbamates (subject to hydrolysis) is 1. The molecule has 110 valence electrons. The first-order valence-corrected chi connectivity index (χ1v) is 6.98. The van der Waals surface area contributed by atoms with Gasteiger partial charge in [-0.05, 0) is 47.0 Å². The van der Waals surface area contributed by atoms with E-state index in [4.69, 9.17) is 9.47 Å². The average molecular weight is 271 g/mol. The van der Waals surface area contributed by atoms with E-state index in [1.54, 1.807) is 6.92 Å². The van der Waals surface area contributed by atoms with Crippen molar-refractivity contribution < 1.29 is 19.1 Å². The predicted molar refractivity (Wildman–Crippen MR) is 71.7 cm³/mol. The van der Waals surface area contributed by atoms with Gasteiger partial charge in [0.2, 0.25) is 0 Å². The summed E-state index contributed by atoms with van der Waals surface area (Å²) in [5.74, 6) is -0.258. The van der Waals surface area contributed by atoms with E-state index in [1.807, 2.05) is 20.8 Å². The van der Waals surface area contributed by atoms with Gasteiger partial charge in [-0.25, -0.2) is 4.79 Å². The highest BCUT2D eigenvalue weighted by atomic mass is 16.6. The summed E-state index contributed by atoms with van der Waals surface area (Å²) in [6.07, 6.45) is 2.87. The number of esters is 1. The third kappa shape index (κ3) is 5.94. The van der Waals surface area contributed by atoms with Crippen molar-refractivity contribution in [1.29, 1.82) is 0 Å². The molecule has 0 aromatic carbocycles. The van der Waals surface area contributed by atoms with Crippen molar-refractivity contribution in [2.45, 2.75) is 65.0 Å². The maximum atomic E-state index is 11.7. The molecule has 5 heteroatoms. The van der Waals surface area contributed by atoms with E-state index < -0.39 is 11.7 Å². The van der Waals surface area contributed by atoms with Crippen molar-refractivity contribution >= 4 is 12.1 Å². The molecular weight excluding hydrogens is 246 g/mol. The molecule has 5 nitrogen and oxygen atoms in total. The summed E-state index contributed by atoms with van der Waals surface area (Å²) in [4.78, 5) is 23.4. The van der Waals surface area contributed by atoms with Crippen LogP contribution in [0, 0.1) is 5.92 Å². The van der Waals surface area contributed by atoms with Gasteiger partial charge >= 0.3 is 12.1 Å². The topological polar surface area (TPSA) is 64.6 Å². The Kier molecular flexibility index (Phi) is 5.63. The van der Waals surface area contributed by atoms with E-state index in [0.29, 0.717) is 13.0 Å². The lowest BCUT2D eigenvalue weighted by Gasteiger charge is -2.29. The van der Waals surface area contributed by atoms with Crippen molar-refractivity contribution in [1.82, 2.24) is 5.32 Å². The molecular formula is C14H25NO4. The second kappa shape index (κ2) is 6.78. The first-order chi connectivity index (χ1) is 8.81. The number of carbonyl (C=O) groups excluding carboxylic acids is 2. The Hall–Kier alpha value is -1.26. The summed E-state index contributed by atoms with van der Waals surface area (Å²) in [6.45, 7) is 7.69. The van der Waals surface area contributed by atoms with Crippen molar-refractivity contribution in [2.24, 2.45) is 5.92 Å². The van der Waals surface area contributed by atoms with Crippen LogP contribution in [0.15, 0.2) is 0 Å². The number of hydrogen-bond acceptors (Lipinski definition) is 4. The fourth-order valence-electron chi connectivity index (χ4n) is 2.27. The van der Waals surface area contributed by atoms with Gasteiger partial charge in [0, 0.05) is 6.04 Å².